The van der Waals surface area contributed by atoms with Gasteiger partial charge in [-0.1, -0.05) is 0 Å². The highest BCUT2D eigenvalue weighted by atomic mass is 19.1. The Morgan fingerprint density at radius 2 is 2.16 bits per heavy atom. The number of hydrogen-bond donors (Lipinski definition) is 2. The number of nitrogen functional groups attached to an aromatic ring is 1. The first-order chi connectivity index (χ1) is 9.24. The summed E-state index contributed by atoms with van der Waals surface area (Å²) in [6.07, 6.45) is 3.24. The van der Waals surface area contributed by atoms with Crippen LogP contribution in [0.2, 0.25) is 0 Å². The van der Waals surface area contributed by atoms with E-state index in [2.05, 4.69) is 10.3 Å². The highest BCUT2D eigenvalue weighted by molar-refractivity contribution is 5.99. The van der Waals surface area contributed by atoms with Crippen LogP contribution in [0.5, 0.6) is 0 Å². The fraction of sp³-hybridized carbons (Fsp3) is 0.0714. The quantitative estimate of drug-likeness (QED) is 0.707. The highest BCUT2D eigenvalue weighted by Gasteiger charge is 2.07. The first-order valence-corrected chi connectivity index (χ1v) is 5.84. The van der Waals surface area contributed by atoms with E-state index < -0.39 is 0 Å². The second-order valence-corrected chi connectivity index (χ2v) is 4.18. The van der Waals surface area contributed by atoms with Crippen molar-refractivity contribution in [2.24, 2.45) is 0 Å². The van der Waals surface area contributed by atoms with Gasteiger partial charge in [-0.2, -0.15) is 0 Å². The minimum atomic E-state index is -0.376. The molecule has 0 unspecified atom stereocenters. The number of benzene rings is 1. The molecule has 1 aromatic carbocycles. The number of pyridine rings is 1. The van der Waals surface area contributed by atoms with E-state index in [0.717, 1.165) is 11.1 Å². The van der Waals surface area contributed by atoms with Crippen molar-refractivity contribution in [2.75, 3.05) is 11.1 Å². The number of hydrogen-bond acceptors (Lipinski definition) is 4. The Balaban J connectivity index is 1.99. The van der Waals surface area contributed by atoms with Crippen molar-refractivity contribution in [3.8, 4) is 0 Å². The number of nitrogens with zero attached hydrogens (tertiary/aromatic N) is 1. The van der Waals surface area contributed by atoms with E-state index in [1.54, 1.807) is 18.5 Å². The Morgan fingerprint density at radius 3 is 2.95 bits per heavy atom. The van der Waals surface area contributed by atoms with Crippen LogP contribution in [-0.2, 0) is 6.54 Å². The molecule has 0 aliphatic rings. The van der Waals surface area contributed by atoms with E-state index in [1.807, 2.05) is 12.1 Å². The second kappa shape index (κ2) is 4.61. The number of aromatic nitrogens is 1. The first-order valence-electron chi connectivity index (χ1n) is 5.84. The van der Waals surface area contributed by atoms with Crippen LogP contribution < -0.4 is 11.1 Å². The van der Waals surface area contributed by atoms with Gasteiger partial charge in [-0.05, 0) is 30.3 Å². The number of rotatable bonds is 3. The van der Waals surface area contributed by atoms with Gasteiger partial charge in [-0.25, -0.2) is 9.37 Å². The summed E-state index contributed by atoms with van der Waals surface area (Å²) in [6.45, 7) is 0.482. The van der Waals surface area contributed by atoms with Crippen molar-refractivity contribution in [3.63, 3.8) is 0 Å². The molecule has 0 spiro atoms. The second-order valence-electron chi connectivity index (χ2n) is 4.18. The van der Waals surface area contributed by atoms with E-state index in [0.29, 0.717) is 23.4 Å². The molecule has 0 radical (unpaired) electrons. The molecule has 3 aromatic rings. The molecule has 2 heterocycles. The van der Waals surface area contributed by atoms with Crippen LogP contribution in [0.3, 0.4) is 0 Å². The lowest BCUT2D eigenvalue weighted by Gasteiger charge is -2.09. The molecule has 19 heavy (non-hydrogen) atoms. The molecule has 5 heteroatoms. The van der Waals surface area contributed by atoms with Crippen molar-refractivity contribution in [1.82, 2.24) is 4.98 Å². The van der Waals surface area contributed by atoms with Gasteiger partial charge < -0.3 is 15.5 Å². The normalized spacial score (nSPS) is 10.8. The van der Waals surface area contributed by atoms with Crippen LogP contribution in [0.4, 0.5) is 15.9 Å². The molecule has 0 aliphatic carbocycles. The van der Waals surface area contributed by atoms with Gasteiger partial charge in [0.2, 0.25) is 0 Å². The summed E-state index contributed by atoms with van der Waals surface area (Å²) in [5.41, 5.74) is 6.20. The summed E-state index contributed by atoms with van der Waals surface area (Å²) < 4.78 is 18.7. The molecule has 0 bridgehead atoms. The predicted molar refractivity (Wildman–Crippen MR) is 72.1 cm³/mol. The maximum Gasteiger partial charge on any atom is 0.134 e. The number of nitrogens with two attached hydrogens (primary N) is 1. The number of furan rings is 1. The van der Waals surface area contributed by atoms with Gasteiger partial charge in [-0.15, -0.1) is 0 Å². The lowest BCUT2D eigenvalue weighted by Crippen LogP contribution is -2.02. The summed E-state index contributed by atoms with van der Waals surface area (Å²) in [4.78, 5) is 4.21. The minimum Gasteiger partial charge on any atom is -0.467 e. The molecule has 3 rings (SSSR count). The van der Waals surface area contributed by atoms with Crippen molar-refractivity contribution < 1.29 is 8.81 Å². The molecule has 0 amide bonds. The third kappa shape index (κ3) is 2.22. The lowest BCUT2D eigenvalue weighted by molar-refractivity contribution is 0.518. The zero-order valence-corrected chi connectivity index (χ0v) is 10.1. The zero-order chi connectivity index (χ0) is 13.2. The SMILES string of the molecule is Nc1cc(F)cc2c(NCc3ccco3)nccc12. The largest absolute Gasteiger partial charge is 0.467 e. The average molecular weight is 257 g/mol. The Labute approximate surface area is 109 Å². The van der Waals surface area contributed by atoms with Crippen LogP contribution in [0.15, 0.2) is 47.2 Å². The average Bonchev–Trinajstić information content (AvgIpc) is 2.89. The monoisotopic (exact) mass is 257 g/mol. The Morgan fingerprint density at radius 1 is 1.26 bits per heavy atom. The molecular weight excluding hydrogens is 245 g/mol. The molecule has 96 valence electrons. The van der Waals surface area contributed by atoms with Crippen LogP contribution in [-0.4, -0.2) is 4.98 Å². The molecule has 2 aromatic heterocycles. The van der Waals surface area contributed by atoms with Crippen molar-refractivity contribution >= 4 is 22.3 Å². The van der Waals surface area contributed by atoms with Gasteiger partial charge in [0, 0.05) is 22.7 Å². The Hall–Kier alpha value is -2.56. The highest BCUT2D eigenvalue weighted by Crippen LogP contribution is 2.27. The van der Waals surface area contributed by atoms with E-state index in [4.69, 9.17) is 10.2 Å². The van der Waals surface area contributed by atoms with Gasteiger partial charge in [0.15, 0.2) is 0 Å². The summed E-state index contributed by atoms with van der Waals surface area (Å²) >= 11 is 0. The Kier molecular flexibility index (Phi) is 2.79. The van der Waals surface area contributed by atoms with Gasteiger partial charge in [0.25, 0.3) is 0 Å². The van der Waals surface area contributed by atoms with E-state index in [-0.39, 0.29) is 5.82 Å². The van der Waals surface area contributed by atoms with Crippen molar-refractivity contribution in [3.05, 3.63) is 54.4 Å². The summed E-state index contributed by atoms with van der Waals surface area (Å²) in [5.74, 6) is 0.988. The fourth-order valence-electron chi connectivity index (χ4n) is 2.00. The number of fused-ring (bicyclic) bond motifs is 1. The van der Waals surface area contributed by atoms with Crippen molar-refractivity contribution in [2.45, 2.75) is 6.54 Å². The van der Waals surface area contributed by atoms with Gasteiger partial charge in [-0.3, -0.25) is 0 Å². The van der Waals surface area contributed by atoms with Crippen LogP contribution in [0.1, 0.15) is 5.76 Å². The molecular formula is C14H12FN3O. The molecule has 0 saturated heterocycles. The number of anilines is 2. The molecule has 4 nitrogen and oxygen atoms in total. The summed E-state index contributed by atoms with van der Waals surface area (Å²) in [5, 5.41) is 4.55. The van der Waals surface area contributed by atoms with Gasteiger partial charge in [0.1, 0.15) is 17.4 Å². The third-order valence-corrected chi connectivity index (χ3v) is 2.89. The van der Waals surface area contributed by atoms with Gasteiger partial charge in [0.05, 0.1) is 12.8 Å². The van der Waals surface area contributed by atoms with Gasteiger partial charge >= 0.3 is 0 Å². The molecule has 3 N–H and O–H groups in total. The number of nitrogens with one attached hydrogen (secondary N) is 1. The minimum absolute atomic E-state index is 0.376. The fourth-order valence-corrected chi connectivity index (χ4v) is 2.00. The summed E-state index contributed by atoms with van der Waals surface area (Å²) in [6, 6.07) is 8.16. The topological polar surface area (TPSA) is 64.1 Å². The van der Waals surface area contributed by atoms with Crippen LogP contribution in [0.25, 0.3) is 10.8 Å². The molecule has 0 atom stereocenters. The summed E-state index contributed by atoms with van der Waals surface area (Å²) in [7, 11) is 0. The maximum absolute atomic E-state index is 13.4. The van der Waals surface area contributed by atoms with E-state index in [1.165, 1.54) is 12.1 Å². The van der Waals surface area contributed by atoms with Crippen LogP contribution in [0, 0.1) is 5.82 Å². The smallest absolute Gasteiger partial charge is 0.134 e. The van der Waals surface area contributed by atoms with E-state index in [9.17, 15) is 4.39 Å². The maximum atomic E-state index is 13.4. The zero-order valence-electron chi connectivity index (χ0n) is 10.1. The lowest BCUT2D eigenvalue weighted by atomic mass is 10.1. The first kappa shape index (κ1) is 11.5. The third-order valence-electron chi connectivity index (χ3n) is 2.89. The molecule has 0 aliphatic heterocycles. The number of halogens is 1. The van der Waals surface area contributed by atoms with Crippen molar-refractivity contribution in [1.29, 1.82) is 0 Å². The molecule has 0 fully saturated rings. The predicted octanol–water partition coefficient (Wildman–Crippen LogP) is 3.16. The van der Waals surface area contributed by atoms with Crippen LogP contribution >= 0.6 is 0 Å². The van der Waals surface area contributed by atoms with E-state index >= 15 is 0 Å². The Bertz CT molecular complexity index is 710. The standard InChI is InChI=1S/C14H12FN3O/c15-9-6-12-11(13(16)7-9)3-4-17-14(12)18-8-10-2-1-5-19-10/h1-7H,8,16H2,(H,17,18). The molecule has 0 saturated carbocycles.